The Kier molecular flexibility index (Phi) is 5.15. The number of anilines is 1. The van der Waals surface area contributed by atoms with Crippen molar-refractivity contribution in [1.82, 2.24) is 14.4 Å². The van der Waals surface area contributed by atoms with Gasteiger partial charge in [0.1, 0.15) is 11.4 Å². The lowest BCUT2D eigenvalue weighted by Crippen LogP contribution is -2.36. The Morgan fingerprint density at radius 1 is 0.912 bits per heavy atom. The third-order valence-corrected chi connectivity index (χ3v) is 6.51. The predicted molar refractivity (Wildman–Crippen MR) is 136 cm³/mol. The Balaban J connectivity index is 1.38. The molecule has 170 valence electrons. The van der Waals surface area contributed by atoms with Gasteiger partial charge < -0.3 is 14.4 Å². The molecule has 34 heavy (non-hydrogen) atoms. The molecule has 0 unspecified atom stereocenters. The predicted octanol–water partition coefficient (Wildman–Crippen LogP) is 5.37. The number of nitrogens with zero attached hydrogens (tertiary/aromatic N) is 4. The van der Waals surface area contributed by atoms with Gasteiger partial charge in [-0.3, -0.25) is 9.38 Å². The smallest absolute Gasteiger partial charge is 0.137 e. The lowest BCUT2D eigenvalue weighted by Gasteiger charge is -2.28. The van der Waals surface area contributed by atoms with Crippen molar-refractivity contribution in [2.75, 3.05) is 38.3 Å². The first-order valence-corrected chi connectivity index (χ1v) is 11.6. The number of ether oxygens (including phenoxy) is 2. The van der Waals surface area contributed by atoms with Crippen LogP contribution in [-0.2, 0) is 4.74 Å². The van der Waals surface area contributed by atoms with Gasteiger partial charge in [0.15, 0.2) is 0 Å². The topological polar surface area (TPSA) is 51.9 Å². The zero-order valence-electron chi connectivity index (χ0n) is 19.4. The maximum absolute atomic E-state index is 5.47. The summed E-state index contributed by atoms with van der Waals surface area (Å²) >= 11 is 0. The van der Waals surface area contributed by atoms with Crippen molar-refractivity contribution < 1.29 is 9.47 Å². The second-order valence-corrected chi connectivity index (χ2v) is 8.63. The summed E-state index contributed by atoms with van der Waals surface area (Å²) in [5.41, 5.74) is 8.53. The molecular weight excluding hydrogens is 424 g/mol. The molecule has 1 aliphatic rings. The van der Waals surface area contributed by atoms with E-state index < -0.39 is 0 Å². The first kappa shape index (κ1) is 20.7. The Hall–Kier alpha value is -3.90. The molecule has 5 aromatic rings. The molecule has 0 aliphatic carbocycles. The van der Waals surface area contributed by atoms with Gasteiger partial charge in [0.2, 0.25) is 0 Å². The molecule has 1 aliphatic heterocycles. The molecule has 1 fully saturated rings. The van der Waals surface area contributed by atoms with Crippen LogP contribution in [0.1, 0.15) is 5.69 Å². The largest absolute Gasteiger partial charge is 0.497 e. The van der Waals surface area contributed by atoms with Gasteiger partial charge >= 0.3 is 0 Å². The van der Waals surface area contributed by atoms with E-state index in [4.69, 9.17) is 19.4 Å². The summed E-state index contributed by atoms with van der Waals surface area (Å²) in [6, 6.07) is 21.2. The van der Waals surface area contributed by atoms with E-state index in [-0.39, 0.29) is 0 Å². The van der Waals surface area contributed by atoms with E-state index in [0.29, 0.717) is 0 Å². The number of imidazole rings is 1. The lowest BCUT2D eigenvalue weighted by molar-refractivity contribution is 0.122. The first-order valence-electron chi connectivity index (χ1n) is 11.6. The second kappa shape index (κ2) is 8.47. The standard InChI is InChI=1S/C28H26N4O2/c1-19-15-25(24-17-23(33-2)7-8-26(24)30-19)27-18-29-28-16-21(9-10-32(27)28)20-3-5-22(6-4-20)31-11-13-34-14-12-31/h3-10,15-18H,11-14H2,1-2H3. The summed E-state index contributed by atoms with van der Waals surface area (Å²) in [6.45, 7) is 5.49. The van der Waals surface area contributed by atoms with Crippen LogP contribution >= 0.6 is 0 Å². The molecule has 4 heterocycles. The molecular formula is C28H26N4O2. The van der Waals surface area contributed by atoms with E-state index >= 15 is 0 Å². The minimum absolute atomic E-state index is 0.791. The van der Waals surface area contributed by atoms with Crippen LogP contribution < -0.4 is 9.64 Å². The number of hydrogen-bond acceptors (Lipinski definition) is 5. The molecule has 0 amide bonds. The first-order chi connectivity index (χ1) is 16.7. The van der Waals surface area contributed by atoms with E-state index in [1.54, 1.807) is 7.11 Å². The fraction of sp³-hybridized carbons (Fsp3) is 0.214. The Morgan fingerprint density at radius 3 is 2.53 bits per heavy atom. The van der Waals surface area contributed by atoms with Crippen molar-refractivity contribution in [2.24, 2.45) is 0 Å². The second-order valence-electron chi connectivity index (χ2n) is 8.63. The average Bonchev–Trinajstić information content (AvgIpc) is 3.32. The lowest BCUT2D eigenvalue weighted by atomic mass is 10.0. The highest BCUT2D eigenvalue weighted by molar-refractivity contribution is 5.95. The molecule has 3 aromatic heterocycles. The van der Waals surface area contributed by atoms with Crippen molar-refractivity contribution in [1.29, 1.82) is 0 Å². The quantitative estimate of drug-likeness (QED) is 0.368. The number of benzene rings is 2. The van der Waals surface area contributed by atoms with E-state index in [2.05, 4.69) is 58.0 Å². The molecule has 0 spiro atoms. The highest BCUT2D eigenvalue weighted by Gasteiger charge is 2.14. The highest BCUT2D eigenvalue weighted by Crippen LogP contribution is 2.33. The molecule has 6 rings (SSSR count). The van der Waals surface area contributed by atoms with Gasteiger partial charge in [-0.05, 0) is 66.6 Å². The normalized spacial score (nSPS) is 14.1. The molecule has 0 N–H and O–H groups in total. The molecule has 1 saturated heterocycles. The van der Waals surface area contributed by atoms with E-state index in [0.717, 1.165) is 71.1 Å². The fourth-order valence-electron chi connectivity index (χ4n) is 4.72. The zero-order chi connectivity index (χ0) is 23.1. The minimum Gasteiger partial charge on any atom is -0.497 e. The monoisotopic (exact) mass is 450 g/mol. The summed E-state index contributed by atoms with van der Waals surface area (Å²) in [6.07, 6.45) is 4.04. The number of aromatic nitrogens is 3. The number of aryl methyl sites for hydroxylation is 1. The fourth-order valence-corrected chi connectivity index (χ4v) is 4.72. The average molecular weight is 451 g/mol. The minimum atomic E-state index is 0.791. The van der Waals surface area contributed by atoms with Crippen molar-refractivity contribution in [3.05, 3.63) is 78.8 Å². The van der Waals surface area contributed by atoms with Gasteiger partial charge in [-0.2, -0.15) is 0 Å². The van der Waals surface area contributed by atoms with Crippen molar-refractivity contribution in [3.63, 3.8) is 0 Å². The van der Waals surface area contributed by atoms with E-state index in [1.165, 1.54) is 11.3 Å². The molecule has 6 heteroatoms. The summed E-state index contributed by atoms with van der Waals surface area (Å²) < 4.78 is 13.1. The molecule has 0 radical (unpaired) electrons. The van der Waals surface area contributed by atoms with Crippen LogP contribution in [0.4, 0.5) is 5.69 Å². The van der Waals surface area contributed by atoms with Crippen LogP contribution in [0.25, 0.3) is 38.9 Å². The van der Waals surface area contributed by atoms with Gasteiger partial charge in [0.05, 0.1) is 37.7 Å². The van der Waals surface area contributed by atoms with Crippen LogP contribution in [0, 0.1) is 6.92 Å². The third-order valence-electron chi connectivity index (χ3n) is 6.51. The van der Waals surface area contributed by atoms with E-state index in [9.17, 15) is 0 Å². The SMILES string of the molecule is COc1ccc2nc(C)cc(-c3cnc4cc(-c5ccc(N6CCOCC6)cc5)ccn34)c2c1. The maximum atomic E-state index is 5.47. The summed E-state index contributed by atoms with van der Waals surface area (Å²) in [4.78, 5) is 11.8. The van der Waals surface area contributed by atoms with Gasteiger partial charge in [-0.1, -0.05) is 12.1 Å². The van der Waals surface area contributed by atoms with Crippen LogP contribution in [0.3, 0.4) is 0 Å². The number of rotatable bonds is 4. The molecule has 0 bridgehead atoms. The van der Waals surface area contributed by atoms with Gasteiger partial charge in [-0.15, -0.1) is 0 Å². The molecule has 0 saturated carbocycles. The number of fused-ring (bicyclic) bond motifs is 2. The third kappa shape index (κ3) is 3.66. The summed E-state index contributed by atoms with van der Waals surface area (Å²) in [5, 5.41) is 1.05. The molecule has 2 aromatic carbocycles. The summed E-state index contributed by atoms with van der Waals surface area (Å²) in [7, 11) is 1.69. The molecule has 0 atom stereocenters. The number of pyridine rings is 2. The van der Waals surface area contributed by atoms with Crippen LogP contribution in [0.5, 0.6) is 5.75 Å². The van der Waals surface area contributed by atoms with Crippen LogP contribution in [0.15, 0.2) is 73.1 Å². The Morgan fingerprint density at radius 2 is 1.74 bits per heavy atom. The van der Waals surface area contributed by atoms with Crippen LogP contribution in [0.2, 0.25) is 0 Å². The number of methoxy groups -OCH3 is 1. The highest BCUT2D eigenvalue weighted by atomic mass is 16.5. The van der Waals surface area contributed by atoms with Gasteiger partial charge in [0, 0.05) is 41.6 Å². The Bertz CT molecular complexity index is 1480. The van der Waals surface area contributed by atoms with Crippen molar-refractivity contribution in [3.8, 4) is 28.1 Å². The Labute approximate surface area is 198 Å². The summed E-state index contributed by atoms with van der Waals surface area (Å²) in [5.74, 6) is 0.816. The number of hydrogen-bond donors (Lipinski definition) is 0. The van der Waals surface area contributed by atoms with Crippen LogP contribution in [-0.4, -0.2) is 47.8 Å². The maximum Gasteiger partial charge on any atom is 0.137 e. The molecule has 6 nitrogen and oxygen atoms in total. The number of morpholine rings is 1. The van der Waals surface area contributed by atoms with Gasteiger partial charge in [0.25, 0.3) is 0 Å². The zero-order valence-corrected chi connectivity index (χ0v) is 19.4. The van der Waals surface area contributed by atoms with Crippen molar-refractivity contribution >= 4 is 22.2 Å². The van der Waals surface area contributed by atoms with Gasteiger partial charge in [-0.25, -0.2) is 4.98 Å². The van der Waals surface area contributed by atoms with E-state index in [1.807, 2.05) is 31.3 Å². The van der Waals surface area contributed by atoms with Crippen molar-refractivity contribution in [2.45, 2.75) is 6.92 Å².